The SMILES string of the molecule is Cc1cccc(OCC(=O)NNS(=O)(=O)/C=C/c2ccc(Cl)cc2)c1. The minimum absolute atomic E-state index is 0.313. The first-order chi connectivity index (χ1) is 11.8. The Bertz CT molecular complexity index is 864. The Morgan fingerprint density at radius 2 is 1.92 bits per heavy atom. The molecule has 2 aromatic rings. The smallest absolute Gasteiger partial charge is 0.272 e. The number of nitrogens with one attached hydrogen (secondary N) is 2. The topological polar surface area (TPSA) is 84.5 Å². The molecule has 0 aliphatic carbocycles. The predicted molar refractivity (Wildman–Crippen MR) is 97.4 cm³/mol. The first-order valence-corrected chi connectivity index (χ1v) is 9.20. The van der Waals surface area contributed by atoms with Crippen molar-refractivity contribution in [3.05, 3.63) is 70.1 Å². The first-order valence-electron chi connectivity index (χ1n) is 7.28. The number of sulfonamides is 1. The summed E-state index contributed by atoms with van der Waals surface area (Å²) >= 11 is 5.75. The number of hydrazine groups is 1. The molecule has 6 nitrogen and oxygen atoms in total. The minimum atomic E-state index is -3.83. The highest BCUT2D eigenvalue weighted by molar-refractivity contribution is 7.92. The van der Waals surface area contributed by atoms with E-state index in [2.05, 4.69) is 5.43 Å². The number of ether oxygens (including phenoxy) is 1. The lowest BCUT2D eigenvalue weighted by Gasteiger charge is -2.08. The van der Waals surface area contributed by atoms with Crippen molar-refractivity contribution in [2.75, 3.05) is 6.61 Å². The van der Waals surface area contributed by atoms with Crippen LogP contribution in [0.3, 0.4) is 0 Å². The Balaban J connectivity index is 1.82. The summed E-state index contributed by atoms with van der Waals surface area (Å²) in [6.07, 6.45) is 1.38. The second-order valence-electron chi connectivity index (χ2n) is 5.15. The van der Waals surface area contributed by atoms with Crippen molar-refractivity contribution >= 4 is 33.6 Å². The van der Waals surface area contributed by atoms with E-state index in [1.165, 1.54) is 6.08 Å². The zero-order chi connectivity index (χ0) is 18.3. The highest BCUT2D eigenvalue weighted by Crippen LogP contribution is 2.12. The summed E-state index contributed by atoms with van der Waals surface area (Å²) in [5.41, 5.74) is 3.73. The largest absolute Gasteiger partial charge is 0.484 e. The van der Waals surface area contributed by atoms with Gasteiger partial charge in [0.2, 0.25) is 0 Å². The molecule has 8 heteroatoms. The van der Waals surface area contributed by atoms with E-state index in [1.54, 1.807) is 42.5 Å². The summed E-state index contributed by atoms with van der Waals surface area (Å²) in [5, 5.41) is 1.50. The Hall–Kier alpha value is -2.35. The molecule has 2 rings (SSSR count). The summed E-state index contributed by atoms with van der Waals surface area (Å²) in [6.45, 7) is 1.58. The van der Waals surface area contributed by atoms with E-state index >= 15 is 0 Å². The van der Waals surface area contributed by atoms with Crippen molar-refractivity contribution in [1.29, 1.82) is 0 Å². The fraction of sp³-hybridized carbons (Fsp3) is 0.118. The third kappa shape index (κ3) is 6.96. The molecule has 0 aliphatic heterocycles. The molecule has 1 amide bonds. The van der Waals surface area contributed by atoms with E-state index in [9.17, 15) is 13.2 Å². The third-order valence-corrected chi connectivity index (χ3v) is 4.13. The average molecular weight is 381 g/mol. The lowest BCUT2D eigenvalue weighted by atomic mass is 10.2. The Morgan fingerprint density at radius 3 is 2.60 bits per heavy atom. The van der Waals surface area contributed by atoms with Gasteiger partial charge >= 0.3 is 0 Å². The van der Waals surface area contributed by atoms with E-state index in [-0.39, 0.29) is 6.61 Å². The van der Waals surface area contributed by atoms with Crippen LogP contribution < -0.4 is 15.0 Å². The third-order valence-electron chi connectivity index (χ3n) is 3.00. The standard InChI is InChI=1S/C17H17ClN2O4S/c1-13-3-2-4-16(11-13)24-12-17(21)19-20-25(22,23)10-9-14-5-7-15(18)8-6-14/h2-11,20H,12H2,1H3,(H,19,21)/b10-9+. The summed E-state index contributed by atoms with van der Waals surface area (Å²) in [6, 6.07) is 13.8. The summed E-state index contributed by atoms with van der Waals surface area (Å²) in [5.74, 6) is -0.0920. The van der Waals surface area contributed by atoms with E-state index in [4.69, 9.17) is 16.3 Å². The quantitative estimate of drug-likeness (QED) is 0.723. The number of carbonyl (C=O) groups excluding carboxylic acids is 1. The molecule has 0 radical (unpaired) electrons. The number of amides is 1. The van der Waals surface area contributed by atoms with E-state index in [0.717, 1.165) is 11.0 Å². The highest BCUT2D eigenvalue weighted by Gasteiger charge is 2.08. The molecule has 0 aromatic heterocycles. The van der Waals surface area contributed by atoms with Gasteiger partial charge in [-0.1, -0.05) is 35.9 Å². The number of halogens is 1. The van der Waals surface area contributed by atoms with Crippen LogP contribution >= 0.6 is 11.6 Å². The maximum atomic E-state index is 11.8. The normalized spacial score (nSPS) is 11.4. The summed E-state index contributed by atoms with van der Waals surface area (Å²) < 4.78 is 28.9. The van der Waals surface area contributed by atoms with E-state index in [1.807, 2.05) is 17.8 Å². The number of rotatable bonds is 7. The van der Waals surface area contributed by atoms with Crippen molar-refractivity contribution in [2.24, 2.45) is 0 Å². The molecular formula is C17H17ClN2O4S. The molecule has 0 bridgehead atoms. The Kier molecular flexibility index (Phi) is 6.58. The van der Waals surface area contributed by atoms with Gasteiger partial charge in [-0.25, -0.2) is 8.42 Å². The molecule has 0 fully saturated rings. The lowest BCUT2D eigenvalue weighted by molar-refractivity contribution is -0.123. The van der Waals surface area contributed by atoms with Gasteiger partial charge in [0.05, 0.1) is 0 Å². The number of hydrogen-bond acceptors (Lipinski definition) is 4. The van der Waals surface area contributed by atoms with Crippen molar-refractivity contribution in [3.8, 4) is 5.75 Å². The van der Waals surface area contributed by atoms with Crippen LogP contribution in [0.25, 0.3) is 6.08 Å². The fourth-order valence-electron chi connectivity index (χ4n) is 1.79. The van der Waals surface area contributed by atoms with Gasteiger partial charge in [0, 0.05) is 10.4 Å². The van der Waals surface area contributed by atoms with Gasteiger partial charge < -0.3 is 4.74 Å². The zero-order valence-corrected chi connectivity index (χ0v) is 15.0. The van der Waals surface area contributed by atoms with Crippen molar-refractivity contribution < 1.29 is 17.9 Å². The van der Waals surface area contributed by atoms with Crippen molar-refractivity contribution in [3.63, 3.8) is 0 Å². The Morgan fingerprint density at radius 1 is 1.20 bits per heavy atom. The number of benzene rings is 2. The highest BCUT2D eigenvalue weighted by atomic mass is 35.5. The van der Waals surface area contributed by atoms with Gasteiger partial charge in [-0.2, -0.15) is 0 Å². The molecule has 0 aliphatic rings. The monoisotopic (exact) mass is 380 g/mol. The van der Waals surface area contributed by atoms with E-state index < -0.39 is 15.9 Å². The van der Waals surface area contributed by atoms with Gasteiger partial charge in [0.1, 0.15) is 5.75 Å². The second kappa shape index (κ2) is 8.66. The molecule has 0 atom stereocenters. The Labute approximate surface area is 151 Å². The van der Waals surface area contributed by atoms with Gasteiger partial charge in [0.25, 0.3) is 15.9 Å². The van der Waals surface area contributed by atoms with Gasteiger partial charge in [-0.3, -0.25) is 10.2 Å². The maximum Gasteiger partial charge on any atom is 0.272 e. The molecule has 132 valence electrons. The number of hydrogen-bond donors (Lipinski definition) is 2. The van der Waals surface area contributed by atoms with Crippen molar-refractivity contribution in [1.82, 2.24) is 10.3 Å². The number of aryl methyl sites for hydroxylation is 1. The minimum Gasteiger partial charge on any atom is -0.484 e. The van der Waals surface area contributed by atoms with Crippen LogP contribution in [-0.4, -0.2) is 20.9 Å². The molecule has 0 unspecified atom stereocenters. The van der Waals surface area contributed by atoms with Crippen LogP contribution in [0.2, 0.25) is 5.02 Å². The fourth-order valence-corrected chi connectivity index (χ4v) is 2.58. The molecular weight excluding hydrogens is 364 g/mol. The van der Waals surface area contributed by atoms with Gasteiger partial charge in [-0.15, -0.1) is 4.83 Å². The first kappa shape index (κ1) is 19.0. The summed E-state index contributed by atoms with van der Waals surface area (Å²) in [4.78, 5) is 13.6. The van der Waals surface area contributed by atoms with Crippen LogP contribution in [-0.2, 0) is 14.8 Å². The molecule has 2 N–H and O–H groups in total. The average Bonchev–Trinajstić information content (AvgIpc) is 2.58. The van der Waals surface area contributed by atoms with Gasteiger partial charge in [-0.05, 0) is 48.4 Å². The van der Waals surface area contributed by atoms with E-state index in [0.29, 0.717) is 16.3 Å². The summed E-state index contributed by atoms with van der Waals surface area (Å²) in [7, 11) is -3.83. The molecule has 0 saturated heterocycles. The second-order valence-corrected chi connectivity index (χ2v) is 7.16. The lowest BCUT2D eigenvalue weighted by Crippen LogP contribution is -2.42. The molecule has 0 heterocycles. The van der Waals surface area contributed by atoms with Crippen molar-refractivity contribution in [2.45, 2.75) is 6.92 Å². The predicted octanol–water partition coefficient (Wildman–Crippen LogP) is 2.65. The molecule has 2 aromatic carbocycles. The van der Waals surface area contributed by atoms with Gasteiger partial charge in [0.15, 0.2) is 6.61 Å². The van der Waals surface area contributed by atoms with Crippen LogP contribution in [0.4, 0.5) is 0 Å². The van der Waals surface area contributed by atoms with Crippen LogP contribution in [0.15, 0.2) is 53.9 Å². The molecule has 0 saturated carbocycles. The maximum absolute atomic E-state index is 11.8. The van der Waals surface area contributed by atoms with Crippen LogP contribution in [0.1, 0.15) is 11.1 Å². The molecule has 0 spiro atoms. The van der Waals surface area contributed by atoms with Crippen LogP contribution in [0.5, 0.6) is 5.75 Å². The zero-order valence-electron chi connectivity index (χ0n) is 13.4. The number of carbonyl (C=O) groups is 1. The van der Waals surface area contributed by atoms with Crippen LogP contribution in [0, 0.1) is 6.92 Å². The molecule has 25 heavy (non-hydrogen) atoms.